The van der Waals surface area contributed by atoms with Crippen molar-refractivity contribution >= 4 is 0 Å². The zero-order valence-corrected chi connectivity index (χ0v) is 10.1. The number of nitrogens with zero attached hydrogens (tertiary/aromatic N) is 2. The van der Waals surface area contributed by atoms with Crippen molar-refractivity contribution in [2.75, 3.05) is 6.54 Å². The van der Waals surface area contributed by atoms with Crippen LogP contribution >= 0.6 is 0 Å². The van der Waals surface area contributed by atoms with Gasteiger partial charge in [-0.2, -0.15) is 5.10 Å². The third-order valence-electron chi connectivity index (χ3n) is 3.06. The summed E-state index contributed by atoms with van der Waals surface area (Å²) in [6.45, 7) is 5.83. The molecule has 2 N–H and O–H groups in total. The van der Waals surface area contributed by atoms with Crippen molar-refractivity contribution in [3.8, 4) is 0 Å². The second-order valence-electron chi connectivity index (χ2n) is 5.15. The Morgan fingerprint density at radius 2 is 2.44 bits per heavy atom. The molecule has 1 aromatic rings. The van der Waals surface area contributed by atoms with E-state index in [4.69, 9.17) is 10.5 Å². The monoisotopic (exact) mass is 223 g/mol. The second kappa shape index (κ2) is 4.55. The van der Waals surface area contributed by atoms with Crippen LogP contribution in [0.4, 0.5) is 0 Å². The highest BCUT2D eigenvalue weighted by Gasteiger charge is 2.31. The maximum Gasteiger partial charge on any atom is 0.0779 e. The molecule has 2 rings (SSSR count). The molecule has 0 aliphatic carbocycles. The third-order valence-corrected chi connectivity index (χ3v) is 3.06. The average Bonchev–Trinajstić information content (AvgIpc) is 2.75. The van der Waals surface area contributed by atoms with Gasteiger partial charge in [0.25, 0.3) is 0 Å². The van der Waals surface area contributed by atoms with Crippen molar-refractivity contribution in [3.05, 3.63) is 18.0 Å². The van der Waals surface area contributed by atoms with Crippen molar-refractivity contribution in [1.29, 1.82) is 0 Å². The average molecular weight is 223 g/mol. The normalized spacial score (nSPS) is 23.8. The first-order valence-corrected chi connectivity index (χ1v) is 5.98. The summed E-state index contributed by atoms with van der Waals surface area (Å²) in [6, 6.07) is 0. The molecule has 1 saturated heterocycles. The minimum Gasteiger partial charge on any atom is -0.370 e. The topological polar surface area (TPSA) is 53.1 Å². The number of rotatable bonds is 4. The summed E-state index contributed by atoms with van der Waals surface area (Å²) >= 11 is 0. The molecule has 0 saturated carbocycles. The molecule has 1 aliphatic heterocycles. The number of hydrogen-bond donors (Lipinski definition) is 1. The molecule has 0 aromatic carbocycles. The molecule has 1 unspecified atom stereocenters. The third kappa shape index (κ3) is 2.83. The first-order chi connectivity index (χ1) is 7.59. The van der Waals surface area contributed by atoms with E-state index in [0.717, 1.165) is 25.8 Å². The van der Waals surface area contributed by atoms with Crippen LogP contribution in [-0.2, 0) is 17.7 Å². The van der Waals surface area contributed by atoms with Gasteiger partial charge in [0.1, 0.15) is 0 Å². The highest BCUT2D eigenvalue weighted by Crippen LogP contribution is 2.29. The van der Waals surface area contributed by atoms with Gasteiger partial charge < -0.3 is 10.5 Å². The van der Waals surface area contributed by atoms with Crippen LogP contribution in [0.2, 0.25) is 0 Å². The van der Waals surface area contributed by atoms with Crippen molar-refractivity contribution in [2.24, 2.45) is 5.73 Å². The lowest BCUT2D eigenvalue weighted by molar-refractivity contribution is -0.0229. The van der Waals surface area contributed by atoms with Crippen LogP contribution in [0.25, 0.3) is 0 Å². The molecule has 1 fully saturated rings. The minimum atomic E-state index is 0.0396. The first kappa shape index (κ1) is 11.6. The molecule has 1 atom stereocenters. The molecule has 0 amide bonds. The Kier molecular flexibility index (Phi) is 3.30. The summed E-state index contributed by atoms with van der Waals surface area (Å²) in [5.74, 6) is 0. The molecule has 0 radical (unpaired) electrons. The number of nitrogens with two attached hydrogens (primary N) is 1. The van der Waals surface area contributed by atoms with E-state index in [9.17, 15) is 0 Å². The number of aromatic nitrogens is 2. The fraction of sp³-hybridized carbons (Fsp3) is 0.750. The Hall–Kier alpha value is -0.870. The van der Waals surface area contributed by atoms with Gasteiger partial charge in [-0.05, 0) is 45.2 Å². The second-order valence-corrected chi connectivity index (χ2v) is 5.15. The first-order valence-electron chi connectivity index (χ1n) is 5.98. The molecule has 0 bridgehead atoms. The van der Waals surface area contributed by atoms with Crippen molar-refractivity contribution in [1.82, 2.24) is 9.78 Å². The highest BCUT2D eigenvalue weighted by atomic mass is 16.5. The van der Waals surface area contributed by atoms with E-state index in [-0.39, 0.29) is 5.60 Å². The Bertz CT molecular complexity index is 346. The smallest absolute Gasteiger partial charge is 0.0779 e. The SMILES string of the molecule is CC1(C)CCC(Cn2cc(CCN)cn2)O1. The summed E-state index contributed by atoms with van der Waals surface area (Å²) in [5, 5.41) is 4.33. The van der Waals surface area contributed by atoms with Crippen LogP contribution in [0.5, 0.6) is 0 Å². The molecule has 16 heavy (non-hydrogen) atoms. The summed E-state index contributed by atoms with van der Waals surface area (Å²) in [6.07, 6.45) is 7.43. The number of ether oxygens (including phenoxy) is 1. The molecule has 4 heteroatoms. The zero-order valence-electron chi connectivity index (χ0n) is 10.1. The maximum atomic E-state index is 5.94. The van der Waals surface area contributed by atoms with Crippen molar-refractivity contribution in [2.45, 2.75) is 51.4 Å². The molecule has 1 aromatic heterocycles. The molecular weight excluding hydrogens is 202 g/mol. The van der Waals surface area contributed by atoms with Gasteiger partial charge >= 0.3 is 0 Å². The standard InChI is InChI=1S/C12H21N3O/c1-12(2)5-3-11(16-12)9-15-8-10(4-6-13)7-14-15/h7-8,11H,3-6,9,13H2,1-2H3. The largest absolute Gasteiger partial charge is 0.370 e. The van der Waals surface area contributed by atoms with Crippen LogP contribution in [0, 0.1) is 0 Å². The lowest BCUT2D eigenvalue weighted by Gasteiger charge is -2.19. The summed E-state index contributed by atoms with van der Waals surface area (Å²) < 4.78 is 7.91. The molecular formula is C12H21N3O. The van der Waals surface area contributed by atoms with Crippen molar-refractivity contribution < 1.29 is 4.74 Å². The lowest BCUT2D eigenvalue weighted by atomic mass is 10.1. The highest BCUT2D eigenvalue weighted by molar-refractivity contribution is 5.04. The van der Waals surface area contributed by atoms with Crippen LogP contribution < -0.4 is 5.73 Å². The van der Waals surface area contributed by atoms with E-state index in [1.165, 1.54) is 5.56 Å². The van der Waals surface area contributed by atoms with E-state index >= 15 is 0 Å². The van der Waals surface area contributed by atoms with Crippen LogP contribution in [-0.4, -0.2) is 28.0 Å². The fourth-order valence-electron chi connectivity index (χ4n) is 2.22. The van der Waals surface area contributed by atoms with Gasteiger partial charge in [0.05, 0.1) is 24.4 Å². The van der Waals surface area contributed by atoms with Gasteiger partial charge in [-0.25, -0.2) is 0 Å². The molecule has 4 nitrogen and oxygen atoms in total. The van der Waals surface area contributed by atoms with Gasteiger partial charge in [-0.1, -0.05) is 0 Å². The van der Waals surface area contributed by atoms with Crippen LogP contribution in [0.15, 0.2) is 12.4 Å². The quantitative estimate of drug-likeness (QED) is 0.838. The number of hydrogen-bond acceptors (Lipinski definition) is 3. The predicted octanol–water partition coefficient (Wildman–Crippen LogP) is 1.34. The van der Waals surface area contributed by atoms with E-state index < -0.39 is 0 Å². The molecule has 1 aliphatic rings. The predicted molar refractivity (Wildman–Crippen MR) is 63.2 cm³/mol. The van der Waals surface area contributed by atoms with E-state index in [2.05, 4.69) is 25.1 Å². The Balaban J connectivity index is 1.89. The van der Waals surface area contributed by atoms with Gasteiger partial charge in [-0.15, -0.1) is 0 Å². The maximum absolute atomic E-state index is 5.94. The lowest BCUT2D eigenvalue weighted by Crippen LogP contribution is -2.23. The van der Waals surface area contributed by atoms with E-state index in [0.29, 0.717) is 12.6 Å². The summed E-state index contributed by atoms with van der Waals surface area (Å²) in [5.41, 5.74) is 6.75. The molecule has 2 heterocycles. The Labute approximate surface area is 96.8 Å². The van der Waals surface area contributed by atoms with E-state index in [1.807, 2.05) is 10.9 Å². The minimum absolute atomic E-state index is 0.0396. The van der Waals surface area contributed by atoms with Gasteiger partial charge in [0.15, 0.2) is 0 Å². The Morgan fingerprint density at radius 1 is 1.62 bits per heavy atom. The van der Waals surface area contributed by atoms with Crippen LogP contribution in [0.3, 0.4) is 0 Å². The van der Waals surface area contributed by atoms with Gasteiger partial charge in [0, 0.05) is 6.20 Å². The fourth-order valence-corrected chi connectivity index (χ4v) is 2.22. The van der Waals surface area contributed by atoms with Gasteiger partial charge in [0.2, 0.25) is 0 Å². The Morgan fingerprint density at radius 3 is 3.06 bits per heavy atom. The van der Waals surface area contributed by atoms with E-state index in [1.54, 1.807) is 0 Å². The summed E-state index contributed by atoms with van der Waals surface area (Å²) in [7, 11) is 0. The molecule has 0 spiro atoms. The van der Waals surface area contributed by atoms with Crippen LogP contribution in [0.1, 0.15) is 32.3 Å². The zero-order chi connectivity index (χ0) is 11.6. The summed E-state index contributed by atoms with van der Waals surface area (Å²) in [4.78, 5) is 0. The van der Waals surface area contributed by atoms with Gasteiger partial charge in [-0.3, -0.25) is 4.68 Å². The van der Waals surface area contributed by atoms with Crippen molar-refractivity contribution in [3.63, 3.8) is 0 Å². The molecule has 90 valence electrons.